The van der Waals surface area contributed by atoms with Gasteiger partial charge in [0.15, 0.2) is 5.78 Å². The van der Waals surface area contributed by atoms with E-state index in [0.29, 0.717) is 6.54 Å². The number of hydrogen-bond acceptors (Lipinski definition) is 3. The van der Waals surface area contributed by atoms with Crippen molar-refractivity contribution in [2.45, 2.75) is 33.4 Å². The molecule has 1 heterocycles. The summed E-state index contributed by atoms with van der Waals surface area (Å²) in [6.07, 6.45) is 1.92. The summed E-state index contributed by atoms with van der Waals surface area (Å²) in [6.45, 7) is 6.52. The zero-order valence-electron chi connectivity index (χ0n) is 14.9. The van der Waals surface area contributed by atoms with Gasteiger partial charge in [0.05, 0.1) is 11.9 Å². The van der Waals surface area contributed by atoms with E-state index in [0.717, 1.165) is 22.5 Å². The molecule has 4 heteroatoms. The molecule has 0 radical (unpaired) electrons. The number of benzene rings is 2. The molecule has 0 aliphatic heterocycles. The summed E-state index contributed by atoms with van der Waals surface area (Å²) in [5, 5.41) is 8.05. The summed E-state index contributed by atoms with van der Waals surface area (Å²) in [5.74, 6) is 0.0925. The molecule has 0 bridgehead atoms. The molecule has 1 aromatic heterocycles. The molecule has 0 aliphatic carbocycles. The number of Topliss-reactive ketones (excluding diaryl/α,β-unsaturated/α-hetero) is 1. The predicted molar refractivity (Wildman–Crippen MR) is 100 cm³/mol. The van der Waals surface area contributed by atoms with E-state index >= 15 is 0 Å². The normalized spacial score (nSPS) is 12.1. The number of carbonyl (C=O) groups is 1. The summed E-state index contributed by atoms with van der Waals surface area (Å²) in [4.78, 5) is 11.5. The van der Waals surface area contributed by atoms with Gasteiger partial charge in [-0.05, 0) is 44.5 Å². The van der Waals surface area contributed by atoms with Crippen molar-refractivity contribution in [3.05, 3.63) is 83.2 Å². The van der Waals surface area contributed by atoms with Gasteiger partial charge in [0.2, 0.25) is 0 Å². The highest BCUT2D eigenvalue weighted by Crippen LogP contribution is 2.20. The molecule has 25 heavy (non-hydrogen) atoms. The second-order valence-corrected chi connectivity index (χ2v) is 6.29. The highest BCUT2D eigenvalue weighted by atomic mass is 16.1. The molecule has 0 saturated heterocycles. The van der Waals surface area contributed by atoms with Crippen LogP contribution in [-0.2, 0) is 6.54 Å². The van der Waals surface area contributed by atoms with Crippen molar-refractivity contribution >= 4 is 5.78 Å². The number of nitrogens with one attached hydrogen (secondary N) is 1. The monoisotopic (exact) mass is 333 g/mol. The maximum absolute atomic E-state index is 11.5. The molecular weight excluding hydrogens is 310 g/mol. The van der Waals surface area contributed by atoms with E-state index in [-0.39, 0.29) is 11.8 Å². The molecule has 1 atom stereocenters. The van der Waals surface area contributed by atoms with Gasteiger partial charge in [0.1, 0.15) is 0 Å². The SMILES string of the molecule is CC(=O)c1cccc(CN[C@H](C)c2cnn(-c3ccccc3)c2C)c1. The minimum Gasteiger partial charge on any atom is -0.306 e. The topological polar surface area (TPSA) is 46.9 Å². The first-order valence-electron chi connectivity index (χ1n) is 8.49. The largest absolute Gasteiger partial charge is 0.306 e. The van der Waals surface area contributed by atoms with Crippen molar-refractivity contribution < 1.29 is 4.79 Å². The van der Waals surface area contributed by atoms with Crippen LogP contribution >= 0.6 is 0 Å². The van der Waals surface area contributed by atoms with Crippen LogP contribution in [0, 0.1) is 6.92 Å². The summed E-state index contributed by atoms with van der Waals surface area (Å²) in [7, 11) is 0. The number of carbonyl (C=O) groups excluding carboxylic acids is 1. The van der Waals surface area contributed by atoms with Crippen LogP contribution in [0.3, 0.4) is 0 Å². The van der Waals surface area contributed by atoms with E-state index in [1.807, 2.05) is 53.3 Å². The lowest BCUT2D eigenvalue weighted by atomic mass is 10.1. The van der Waals surface area contributed by atoms with E-state index in [2.05, 4.69) is 36.4 Å². The Morgan fingerprint density at radius 1 is 1.16 bits per heavy atom. The molecule has 0 unspecified atom stereocenters. The van der Waals surface area contributed by atoms with Crippen molar-refractivity contribution in [2.75, 3.05) is 0 Å². The van der Waals surface area contributed by atoms with Gasteiger partial charge < -0.3 is 5.32 Å². The van der Waals surface area contributed by atoms with Crippen molar-refractivity contribution in [1.82, 2.24) is 15.1 Å². The van der Waals surface area contributed by atoms with Crippen LogP contribution in [0.4, 0.5) is 0 Å². The maximum atomic E-state index is 11.5. The lowest BCUT2D eigenvalue weighted by Crippen LogP contribution is -2.19. The van der Waals surface area contributed by atoms with Gasteiger partial charge >= 0.3 is 0 Å². The summed E-state index contributed by atoms with van der Waals surface area (Å²) >= 11 is 0. The zero-order valence-corrected chi connectivity index (χ0v) is 14.9. The third kappa shape index (κ3) is 3.86. The molecule has 0 aliphatic rings. The summed E-state index contributed by atoms with van der Waals surface area (Å²) < 4.78 is 1.96. The molecule has 0 amide bonds. The number of hydrogen-bond donors (Lipinski definition) is 1. The minimum absolute atomic E-state index is 0.0925. The van der Waals surface area contributed by atoms with Gasteiger partial charge in [-0.15, -0.1) is 0 Å². The Bertz CT molecular complexity index is 868. The first-order chi connectivity index (χ1) is 12.1. The van der Waals surface area contributed by atoms with E-state index in [4.69, 9.17) is 0 Å². The lowest BCUT2D eigenvalue weighted by molar-refractivity contribution is 0.101. The van der Waals surface area contributed by atoms with Gasteiger partial charge in [0, 0.05) is 29.4 Å². The van der Waals surface area contributed by atoms with Crippen molar-refractivity contribution in [3.63, 3.8) is 0 Å². The van der Waals surface area contributed by atoms with E-state index < -0.39 is 0 Å². The van der Waals surface area contributed by atoms with Gasteiger partial charge in [-0.2, -0.15) is 5.10 Å². The second kappa shape index (κ2) is 7.45. The molecule has 3 aromatic rings. The Hall–Kier alpha value is -2.72. The molecule has 1 N–H and O–H groups in total. The minimum atomic E-state index is 0.0925. The van der Waals surface area contributed by atoms with Gasteiger partial charge in [-0.25, -0.2) is 4.68 Å². The Kier molecular flexibility index (Phi) is 5.10. The molecule has 2 aromatic carbocycles. The number of para-hydroxylation sites is 1. The van der Waals surface area contributed by atoms with Crippen molar-refractivity contribution in [1.29, 1.82) is 0 Å². The van der Waals surface area contributed by atoms with Crippen molar-refractivity contribution in [2.24, 2.45) is 0 Å². The zero-order chi connectivity index (χ0) is 17.8. The highest BCUT2D eigenvalue weighted by molar-refractivity contribution is 5.94. The first kappa shape index (κ1) is 17.1. The fourth-order valence-corrected chi connectivity index (χ4v) is 2.96. The van der Waals surface area contributed by atoms with Crippen LogP contribution in [-0.4, -0.2) is 15.6 Å². The summed E-state index contributed by atoms with van der Waals surface area (Å²) in [5.41, 5.74) is 5.22. The van der Waals surface area contributed by atoms with Crippen LogP contribution in [0.1, 0.15) is 47.1 Å². The van der Waals surface area contributed by atoms with Gasteiger partial charge in [-0.3, -0.25) is 4.79 Å². The van der Waals surface area contributed by atoms with Crippen LogP contribution in [0.25, 0.3) is 5.69 Å². The smallest absolute Gasteiger partial charge is 0.159 e. The molecule has 0 spiro atoms. The number of ketones is 1. The molecular formula is C21H23N3O. The second-order valence-electron chi connectivity index (χ2n) is 6.29. The van der Waals surface area contributed by atoms with Crippen LogP contribution in [0.15, 0.2) is 60.8 Å². The predicted octanol–water partition coefficient (Wildman–Crippen LogP) is 4.23. The number of nitrogens with zero attached hydrogens (tertiary/aromatic N) is 2. The van der Waals surface area contributed by atoms with Gasteiger partial charge in [-0.1, -0.05) is 36.4 Å². The Morgan fingerprint density at radius 2 is 1.92 bits per heavy atom. The van der Waals surface area contributed by atoms with Crippen LogP contribution in [0.5, 0.6) is 0 Å². The Morgan fingerprint density at radius 3 is 2.64 bits per heavy atom. The molecule has 128 valence electrons. The van der Waals surface area contributed by atoms with Crippen molar-refractivity contribution in [3.8, 4) is 5.69 Å². The molecule has 0 saturated carbocycles. The molecule has 4 nitrogen and oxygen atoms in total. The Labute approximate surface area is 148 Å². The average Bonchev–Trinajstić information content (AvgIpc) is 3.02. The van der Waals surface area contributed by atoms with E-state index in [1.54, 1.807) is 6.92 Å². The average molecular weight is 333 g/mol. The van der Waals surface area contributed by atoms with Crippen LogP contribution in [0.2, 0.25) is 0 Å². The molecule has 3 rings (SSSR count). The Balaban J connectivity index is 1.72. The third-order valence-corrected chi connectivity index (χ3v) is 4.46. The maximum Gasteiger partial charge on any atom is 0.159 e. The lowest BCUT2D eigenvalue weighted by Gasteiger charge is -2.14. The number of aromatic nitrogens is 2. The number of rotatable bonds is 6. The van der Waals surface area contributed by atoms with E-state index in [9.17, 15) is 4.79 Å². The summed E-state index contributed by atoms with van der Waals surface area (Å²) in [6, 6.07) is 18.1. The third-order valence-electron chi connectivity index (χ3n) is 4.46. The molecule has 0 fully saturated rings. The fraction of sp³-hybridized carbons (Fsp3) is 0.238. The quantitative estimate of drug-likeness (QED) is 0.687. The van der Waals surface area contributed by atoms with Crippen LogP contribution < -0.4 is 5.32 Å². The fourth-order valence-electron chi connectivity index (χ4n) is 2.96. The first-order valence-corrected chi connectivity index (χ1v) is 8.49. The standard InChI is InChI=1S/C21H23N3O/c1-15(22-13-18-8-7-9-19(12-18)17(3)25)21-14-23-24(16(21)2)20-10-5-4-6-11-20/h4-12,14-15,22H,13H2,1-3H3/t15-/m1/s1. The van der Waals surface area contributed by atoms with E-state index in [1.165, 1.54) is 5.56 Å². The van der Waals surface area contributed by atoms with Gasteiger partial charge in [0.25, 0.3) is 0 Å². The highest BCUT2D eigenvalue weighted by Gasteiger charge is 2.14.